The maximum Gasteiger partial charge on any atom is 0.229 e. The summed E-state index contributed by atoms with van der Waals surface area (Å²) in [7, 11) is 1.77. The van der Waals surface area contributed by atoms with Gasteiger partial charge in [0.1, 0.15) is 0 Å². The number of aryl methyl sites for hydroxylation is 1. The van der Waals surface area contributed by atoms with E-state index in [2.05, 4.69) is 15.5 Å². The largest absolute Gasteiger partial charge is 0.381 e. The van der Waals surface area contributed by atoms with Gasteiger partial charge in [-0.05, 0) is 19.8 Å². The first kappa shape index (κ1) is 16.0. The zero-order valence-corrected chi connectivity index (χ0v) is 14.0. The number of ether oxygens (including phenoxy) is 1. The predicted octanol–water partition coefficient (Wildman–Crippen LogP) is 2.11. The molecule has 124 valence electrons. The number of nitrogens with one attached hydrogen (secondary N) is 1. The molecular weight excluding hydrogens is 318 g/mol. The Morgan fingerprint density at radius 2 is 2.22 bits per heavy atom. The second kappa shape index (κ2) is 6.72. The lowest BCUT2D eigenvalue weighted by molar-refractivity contribution is -0.115. The van der Waals surface area contributed by atoms with E-state index in [1.807, 2.05) is 11.6 Å². The van der Waals surface area contributed by atoms with Crippen molar-refractivity contribution in [3.63, 3.8) is 0 Å². The van der Waals surface area contributed by atoms with E-state index in [9.17, 15) is 4.79 Å². The number of anilines is 1. The number of rotatable bonds is 4. The molecule has 1 fully saturated rings. The fraction of sp³-hybridized carbons (Fsp3) is 0.533. The van der Waals surface area contributed by atoms with E-state index in [1.165, 1.54) is 0 Å². The van der Waals surface area contributed by atoms with Crippen molar-refractivity contribution < 1.29 is 9.53 Å². The van der Waals surface area contributed by atoms with Crippen LogP contribution in [0.15, 0.2) is 12.4 Å². The lowest BCUT2D eigenvalue weighted by Gasteiger charge is -2.23. The highest BCUT2D eigenvalue weighted by atomic mass is 35.5. The van der Waals surface area contributed by atoms with Gasteiger partial charge in [0.05, 0.1) is 30.0 Å². The second-order valence-corrected chi connectivity index (χ2v) is 6.13. The van der Waals surface area contributed by atoms with Crippen LogP contribution in [0.25, 0.3) is 0 Å². The van der Waals surface area contributed by atoms with Crippen LogP contribution >= 0.6 is 11.6 Å². The molecule has 0 bridgehead atoms. The number of carbonyl (C=O) groups is 1. The van der Waals surface area contributed by atoms with Crippen LogP contribution in [0.1, 0.15) is 30.1 Å². The monoisotopic (exact) mass is 337 g/mol. The predicted molar refractivity (Wildman–Crippen MR) is 86.6 cm³/mol. The van der Waals surface area contributed by atoms with Gasteiger partial charge in [-0.15, -0.1) is 0 Å². The summed E-state index contributed by atoms with van der Waals surface area (Å²) in [4.78, 5) is 12.2. The van der Waals surface area contributed by atoms with Crippen molar-refractivity contribution in [2.24, 2.45) is 7.05 Å². The van der Waals surface area contributed by atoms with Crippen LogP contribution in [0.3, 0.4) is 0 Å². The Morgan fingerprint density at radius 1 is 1.48 bits per heavy atom. The molecule has 7 nitrogen and oxygen atoms in total. The molecule has 0 saturated carbocycles. The van der Waals surface area contributed by atoms with Gasteiger partial charge in [-0.1, -0.05) is 11.6 Å². The molecule has 0 spiro atoms. The van der Waals surface area contributed by atoms with Crippen LogP contribution in [0, 0.1) is 6.92 Å². The molecule has 23 heavy (non-hydrogen) atoms. The summed E-state index contributed by atoms with van der Waals surface area (Å²) in [5, 5.41) is 11.7. The Hall–Kier alpha value is -1.86. The molecule has 0 atom stereocenters. The highest BCUT2D eigenvalue weighted by Crippen LogP contribution is 2.25. The summed E-state index contributed by atoms with van der Waals surface area (Å²) in [5.41, 5.74) is 2.41. The van der Waals surface area contributed by atoms with Gasteiger partial charge in [0.25, 0.3) is 0 Å². The summed E-state index contributed by atoms with van der Waals surface area (Å²) < 4.78 is 8.96. The van der Waals surface area contributed by atoms with Crippen molar-refractivity contribution in [3.8, 4) is 0 Å². The number of amides is 1. The Labute approximate surface area is 139 Å². The minimum Gasteiger partial charge on any atom is -0.381 e. The van der Waals surface area contributed by atoms with E-state index >= 15 is 0 Å². The summed E-state index contributed by atoms with van der Waals surface area (Å²) in [6, 6.07) is 0.335. The zero-order chi connectivity index (χ0) is 16.4. The topological polar surface area (TPSA) is 74.0 Å². The van der Waals surface area contributed by atoms with E-state index in [0.29, 0.717) is 16.8 Å². The first-order chi connectivity index (χ1) is 11.0. The molecule has 0 unspecified atom stereocenters. The lowest BCUT2D eigenvalue weighted by Crippen LogP contribution is -2.21. The Balaban J connectivity index is 1.67. The van der Waals surface area contributed by atoms with E-state index in [1.54, 1.807) is 24.1 Å². The average molecular weight is 338 g/mol. The van der Waals surface area contributed by atoms with E-state index in [0.717, 1.165) is 37.4 Å². The van der Waals surface area contributed by atoms with E-state index in [4.69, 9.17) is 16.3 Å². The number of nitrogens with zero attached hydrogens (tertiary/aromatic N) is 4. The number of halogens is 1. The van der Waals surface area contributed by atoms with Gasteiger partial charge in [-0.2, -0.15) is 10.2 Å². The van der Waals surface area contributed by atoms with Gasteiger partial charge >= 0.3 is 0 Å². The Kier molecular flexibility index (Phi) is 4.68. The van der Waals surface area contributed by atoms with Crippen LogP contribution in [0.5, 0.6) is 0 Å². The molecular formula is C15H20ClN5O2. The third kappa shape index (κ3) is 3.56. The molecule has 0 aromatic carbocycles. The maximum absolute atomic E-state index is 12.2. The van der Waals surface area contributed by atoms with E-state index < -0.39 is 0 Å². The smallest absolute Gasteiger partial charge is 0.229 e. The fourth-order valence-corrected chi connectivity index (χ4v) is 3.08. The second-order valence-electron chi connectivity index (χ2n) is 5.78. The Morgan fingerprint density at radius 3 is 2.87 bits per heavy atom. The number of aromatic nitrogens is 4. The number of carbonyl (C=O) groups excluding carboxylic acids is 1. The molecule has 1 aliphatic heterocycles. The van der Waals surface area contributed by atoms with Crippen molar-refractivity contribution in [1.29, 1.82) is 0 Å². The van der Waals surface area contributed by atoms with Gasteiger partial charge in [-0.25, -0.2) is 0 Å². The quantitative estimate of drug-likeness (QED) is 0.927. The highest BCUT2D eigenvalue weighted by molar-refractivity contribution is 6.30. The first-order valence-corrected chi connectivity index (χ1v) is 8.02. The normalized spacial score (nSPS) is 15.8. The number of hydrogen-bond acceptors (Lipinski definition) is 4. The molecule has 1 N–H and O–H groups in total. The highest BCUT2D eigenvalue weighted by Gasteiger charge is 2.20. The van der Waals surface area contributed by atoms with Crippen molar-refractivity contribution in [1.82, 2.24) is 19.6 Å². The van der Waals surface area contributed by atoms with Gasteiger partial charge in [0, 0.05) is 32.0 Å². The Bertz CT molecular complexity index is 703. The van der Waals surface area contributed by atoms with Crippen molar-refractivity contribution in [3.05, 3.63) is 28.8 Å². The van der Waals surface area contributed by atoms with Gasteiger partial charge in [-0.3, -0.25) is 14.2 Å². The first-order valence-electron chi connectivity index (χ1n) is 7.64. The summed E-state index contributed by atoms with van der Waals surface area (Å²) in [6.07, 6.45) is 5.53. The summed E-state index contributed by atoms with van der Waals surface area (Å²) in [5.74, 6) is -0.130. The van der Waals surface area contributed by atoms with Crippen LogP contribution in [-0.4, -0.2) is 38.7 Å². The van der Waals surface area contributed by atoms with Crippen molar-refractivity contribution in [2.45, 2.75) is 32.2 Å². The zero-order valence-electron chi connectivity index (χ0n) is 13.3. The SMILES string of the molecule is Cc1c(NC(=O)Cc2cn(C)nc2Cl)cnn1C1CCOCC1. The molecule has 2 aromatic rings. The maximum atomic E-state index is 12.2. The molecule has 2 aromatic heterocycles. The molecule has 1 aliphatic rings. The van der Waals surface area contributed by atoms with Crippen LogP contribution in [0.2, 0.25) is 5.15 Å². The minimum atomic E-state index is -0.130. The molecule has 0 radical (unpaired) electrons. The molecule has 3 rings (SSSR count). The average Bonchev–Trinajstić information content (AvgIpc) is 3.03. The molecule has 3 heterocycles. The standard InChI is InChI=1S/C15H20ClN5O2/c1-10-13(8-17-21(10)12-3-5-23-6-4-12)18-14(22)7-11-9-20(2)19-15(11)16/h8-9,12H,3-7H2,1-2H3,(H,18,22). The minimum absolute atomic E-state index is 0.130. The summed E-state index contributed by atoms with van der Waals surface area (Å²) in [6.45, 7) is 3.48. The third-order valence-corrected chi connectivity index (χ3v) is 4.38. The summed E-state index contributed by atoms with van der Waals surface area (Å²) >= 11 is 5.99. The third-order valence-electron chi connectivity index (χ3n) is 4.06. The van der Waals surface area contributed by atoms with Gasteiger partial charge < -0.3 is 10.1 Å². The number of hydrogen-bond donors (Lipinski definition) is 1. The molecule has 0 aliphatic carbocycles. The van der Waals surface area contributed by atoms with Crippen LogP contribution in [-0.2, 0) is 23.0 Å². The van der Waals surface area contributed by atoms with Crippen LogP contribution in [0.4, 0.5) is 5.69 Å². The molecule has 1 amide bonds. The van der Waals surface area contributed by atoms with Crippen molar-refractivity contribution >= 4 is 23.2 Å². The van der Waals surface area contributed by atoms with Gasteiger partial charge in [0.2, 0.25) is 5.91 Å². The van der Waals surface area contributed by atoms with Gasteiger partial charge in [0.15, 0.2) is 5.15 Å². The van der Waals surface area contributed by atoms with E-state index in [-0.39, 0.29) is 12.3 Å². The molecule has 8 heteroatoms. The van der Waals surface area contributed by atoms with Crippen LogP contribution < -0.4 is 5.32 Å². The molecule has 1 saturated heterocycles. The lowest BCUT2D eigenvalue weighted by atomic mass is 10.1. The fourth-order valence-electron chi connectivity index (χ4n) is 2.84. The van der Waals surface area contributed by atoms with Crippen molar-refractivity contribution in [2.75, 3.05) is 18.5 Å².